The Morgan fingerprint density at radius 1 is 0.900 bits per heavy atom. The molecule has 0 aliphatic rings. The van der Waals surface area contributed by atoms with Crippen molar-refractivity contribution in [3.05, 3.63) is 90.5 Å². The lowest BCUT2D eigenvalue weighted by atomic mass is 10.2. The Hall–Kier alpha value is -3.16. The number of benzene rings is 3. The van der Waals surface area contributed by atoms with Crippen LogP contribution in [0.5, 0.6) is 5.75 Å². The number of carbonyl (C=O) groups excluding carboxylic acids is 1. The van der Waals surface area contributed by atoms with Crippen molar-refractivity contribution in [2.75, 3.05) is 18.5 Å². The molecule has 0 radical (unpaired) electrons. The Morgan fingerprint density at radius 3 is 2.17 bits per heavy atom. The number of hydrogen-bond acceptors (Lipinski definition) is 4. The van der Waals surface area contributed by atoms with E-state index in [0.717, 1.165) is 5.56 Å². The van der Waals surface area contributed by atoms with Crippen LogP contribution in [0.1, 0.15) is 12.5 Å². The summed E-state index contributed by atoms with van der Waals surface area (Å²) in [6.07, 6.45) is 0. The first-order chi connectivity index (χ1) is 14.5. The van der Waals surface area contributed by atoms with Crippen molar-refractivity contribution in [1.82, 2.24) is 4.31 Å². The Morgan fingerprint density at radius 2 is 1.50 bits per heavy atom. The Kier molecular flexibility index (Phi) is 7.21. The molecule has 0 aliphatic carbocycles. The van der Waals surface area contributed by atoms with E-state index in [4.69, 9.17) is 4.74 Å². The summed E-state index contributed by atoms with van der Waals surface area (Å²) in [5, 5.41) is 2.77. The highest BCUT2D eigenvalue weighted by Crippen LogP contribution is 2.24. The van der Waals surface area contributed by atoms with Gasteiger partial charge in [-0.1, -0.05) is 60.7 Å². The fourth-order valence-corrected chi connectivity index (χ4v) is 4.36. The van der Waals surface area contributed by atoms with E-state index in [1.165, 1.54) is 16.4 Å². The largest absolute Gasteiger partial charge is 0.492 e. The third-order valence-electron chi connectivity index (χ3n) is 4.36. The predicted molar refractivity (Wildman–Crippen MR) is 117 cm³/mol. The second-order valence-corrected chi connectivity index (χ2v) is 8.49. The zero-order chi connectivity index (χ0) is 21.4. The minimum Gasteiger partial charge on any atom is -0.492 e. The SMILES string of the molecule is CCOc1ccccc1NC(=O)CN(Cc1ccccc1)S(=O)(=O)c1ccccc1. The normalized spacial score (nSPS) is 11.3. The molecule has 3 aromatic rings. The predicted octanol–water partition coefficient (Wildman–Crippen LogP) is 3.91. The molecule has 0 unspecified atom stereocenters. The number of para-hydroxylation sites is 2. The van der Waals surface area contributed by atoms with Crippen LogP contribution in [0.15, 0.2) is 89.8 Å². The Balaban J connectivity index is 1.85. The summed E-state index contributed by atoms with van der Waals surface area (Å²) in [5.74, 6) is 0.0893. The lowest BCUT2D eigenvalue weighted by Crippen LogP contribution is -2.37. The molecule has 0 fully saturated rings. The minimum absolute atomic E-state index is 0.0819. The molecule has 6 nitrogen and oxygen atoms in total. The van der Waals surface area contributed by atoms with Gasteiger partial charge in [0.2, 0.25) is 15.9 Å². The highest BCUT2D eigenvalue weighted by atomic mass is 32.2. The molecule has 0 bridgehead atoms. The van der Waals surface area contributed by atoms with Gasteiger partial charge < -0.3 is 10.1 Å². The minimum atomic E-state index is -3.87. The number of amides is 1. The molecule has 7 heteroatoms. The molecular formula is C23H24N2O4S. The van der Waals surface area contributed by atoms with E-state index in [2.05, 4.69) is 5.32 Å². The second kappa shape index (κ2) is 10.0. The topological polar surface area (TPSA) is 75.7 Å². The maximum absolute atomic E-state index is 13.2. The maximum Gasteiger partial charge on any atom is 0.243 e. The zero-order valence-electron chi connectivity index (χ0n) is 16.7. The number of nitrogens with one attached hydrogen (secondary N) is 1. The number of carbonyl (C=O) groups is 1. The van der Waals surface area contributed by atoms with Crippen molar-refractivity contribution >= 4 is 21.6 Å². The number of rotatable bonds is 9. The van der Waals surface area contributed by atoms with Gasteiger partial charge in [-0.2, -0.15) is 4.31 Å². The van der Waals surface area contributed by atoms with Crippen LogP contribution in [0.3, 0.4) is 0 Å². The molecule has 30 heavy (non-hydrogen) atoms. The van der Waals surface area contributed by atoms with Crippen molar-refractivity contribution in [2.45, 2.75) is 18.4 Å². The van der Waals surface area contributed by atoms with Gasteiger partial charge in [-0.05, 0) is 36.8 Å². The van der Waals surface area contributed by atoms with Gasteiger partial charge in [0.15, 0.2) is 0 Å². The van der Waals surface area contributed by atoms with Gasteiger partial charge in [0.05, 0.1) is 23.7 Å². The first-order valence-corrected chi connectivity index (χ1v) is 11.1. The number of sulfonamides is 1. The first kappa shape index (κ1) is 21.5. The summed E-state index contributed by atoms with van der Waals surface area (Å²) in [6, 6.07) is 24.4. The van der Waals surface area contributed by atoms with Crippen molar-refractivity contribution in [3.63, 3.8) is 0 Å². The van der Waals surface area contributed by atoms with E-state index in [-0.39, 0.29) is 18.0 Å². The summed E-state index contributed by atoms with van der Waals surface area (Å²) >= 11 is 0. The summed E-state index contributed by atoms with van der Waals surface area (Å²) < 4.78 is 33.1. The maximum atomic E-state index is 13.2. The smallest absolute Gasteiger partial charge is 0.243 e. The van der Waals surface area contributed by atoms with Gasteiger partial charge in [-0.15, -0.1) is 0 Å². The lowest BCUT2D eigenvalue weighted by Gasteiger charge is -2.22. The molecular weight excluding hydrogens is 400 g/mol. The third kappa shape index (κ3) is 5.46. The molecule has 0 atom stereocenters. The standard InChI is InChI=1S/C23H24N2O4S/c1-2-29-22-16-10-9-15-21(22)24-23(26)18-25(17-19-11-5-3-6-12-19)30(27,28)20-13-7-4-8-14-20/h3-16H,2,17-18H2,1H3,(H,24,26). The van der Waals surface area contributed by atoms with Gasteiger partial charge in [-0.3, -0.25) is 4.79 Å². The van der Waals surface area contributed by atoms with Crippen LogP contribution in [-0.2, 0) is 21.4 Å². The van der Waals surface area contributed by atoms with Crippen molar-refractivity contribution < 1.29 is 17.9 Å². The van der Waals surface area contributed by atoms with Gasteiger partial charge in [-0.25, -0.2) is 8.42 Å². The average Bonchev–Trinajstić information content (AvgIpc) is 2.76. The first-order valence-electron chi connectivity index (χ1n) is 9.61. The summed E-state index contributed by atoms with van der Waals surface area (Å²) in [4.78, 5) is 12.9. The zero-order valence-corrected chi connectivity index (χ0v) is 17.5. The molecule has 0 spiro atoms. The molecule has 0 aliphatic heterocycles. The van der Waals surface area contributed by atoms with Crippen LogP contribution in [0, 0.1) is 0 Å². The van der Waals surface area contributed by atoms with Crippen LogP contribution in [0.4, 0.5) is 5.69 Å². The van der Waals surface area contributed by atoms with E-state index < -0.39 is 15.9 Å². The molecule has 3 aromatic carbocycles. The van der Waals surface area contributed by atoms with E-state index in [9.17, 15) is 13.2 Å². The van der Waals surface area contributed by atoms with Crippen LogP contribution in [-0.4, -0.2) is 31.8 Å². The van der Waals surface area contributed by atoms with Crippen LogP contribution < -0.4 is 10.1 Å². The average molecular weight is 425 g/mol. The van der Waals surface area contributed by atoms with Crippen LogP contribution in [0.2, 0.25) is 0 Å². The number of nitrogens with zero attached hydrogens (tertiary/aromatic N) is 1. The number of hydrogen-bond donors (Lipinski definition) is 1. The number of anilines is 1. The fraction of sp³-hybridized carbons (Fsp3) is 0.174. The van der Waals surface area contributed by atoms with Crippen molar-refractivity contribution in [1.29, 1.82) is 0 Å². The highest BCUT2D eigenvalue weighted by Gasteiger charge is 2.27. The summed E-state index contributed by atoms with van der Waals surface area (Å²) in [5.41, 5.74) is 1.29. The van der Waals surface area contributed by atoms with Gasteiger partial charge in [0, 0.05) is 6.54 Å². The van der Waals surface area contributed by atoms with E-state index in [1.54, 1.807) is 36.4 Å². The molecule has 156 valence electrons. The molecule has 1 amide bonds. The summed E-state index contributed by atoms with van der Waals surface area (Å²) in [7, 11) is -3.87. The van der Waals surface area contributed by atoms with Crippen molar-refractivity contribution in [2.24, 2.45) is 0 Å². The van der Waals surface area contributed by atoms with Gasteiger partial charge >= 0.3 is 0 Å². The van der Waals surface area contributed by atoms with Gasteiger partial charge in [0.1, 0.15) is 5.75 Å². The van der Waals surface area contributed by atoms with Gasteiger partial charge in [0.25, 0.3) is 0 Å². The monoisotopic (exact) mass is 424 g/mol. The van der Waals surface area contributed by atoms with E-state index in [0.29, 0.717) is 18.0 Å². The Bertz CT molecular complexity index is 1070. The fourth-order valence-electron chi connectivity index (χ4n) is 2.96. The summed E-state index contributed by atoms with van der Waals surface area (Å²) in [6.45, 7) is 2.06. The van der Waals surface area contributed by atoms with E-state index >= 15 is 0 Å². The molecule has 0 heterocycles. The molecule has 1 N–H and O–H groups in total. The molecule has 0 saturated carbocycles. The lowest BCUT2D eigenvalue weighted by molar-refractivity contribution is -0.116. The molecule has 0 aromatic heterocycles. The molecule has 0 saturated heterocycles. The highest BCUT2D eigenvalue weighted by molar-refractivity contribution is 7.89. The number of ether oxygens (including phenoxy) is 1. The second-order valence-electron chi connectivity index (χ2n) is 6.55. The quantitative estimate of drug-likeness (QED) is 0.565. The van der Waals surface area contributed by atoms with E-state index in [1.807, 2.05) is 43.3 Å². The van der Waals surface area contributed by atoms with Crippen LogP contribution >= 0.6 is 0 Å². The Labute approximate surface area is 177 Å². The van der Waals surface area contributed by atoms with Crippen LogP contribution in [0.25, 0.3) is 0 Å². The third-order valence-corrected chi connectivity index (χ3v) is 6.17. The van der Waals surface area contributed by atoms with Crippen molar-refractivity contribution in [3.8, 4) is 5.75 Å². The molecule has 3 rings (SSSR count).